The van der Waals surface area contributed by atoms with Crippen LogP contribution in [0.5, 0.6) is 0 Å². The average molecular weight is 280 g/mol. The van der Waals surface area contributed by atoms with E-state index in [0.29, 0.717) is 11.2 Å². The molecule has 0 atom stereocenters. The Balaban J connectivity index is 1.88. The first-order valence-electron chi connectivity index (χ1n) is 6.28. The molecule has 0 aliphatic rings. The number of nitrogens with two attached hydrogens (primary N) is 1. The summed E-state index contributed by atoms with van der Waals surface area (Å²) in [5.41, 5.74) is 7.09. The molecule has 0 bridgehead atoms. The largest absolute Gasteiger partial charge is 0.399 e. The third-order valence-electron chi connectivity index (χ3n) is 3.05. The number of hydrogen-bond acceptors (Lipinski definition) is 4. The second-order valence-corrected chi connectivity index (χ2v) is 4.48. The number of carbonyl (C=O) groups excluding carboxylic acids is 2. The van der Waals surface area contributed by atoms with Gasteiger partial charge in [-0.25, -0.2) is 4.79 Å². The fourth-order valence-corrected chi connectivity index (χ4v) is 2.04. The summed E-state index contributed by atoms with van der Waals surface area (Å²) < 4.78 is 1.34. The third kappa shape index (κ3) is 2.46. The van der Waals surface area contributed by atoms with Gasteiger partial charge in [0.05, 0.1) is 5.52 Å². The number of aromatic nitrogens is 2. The molecule has 0 aliphatic heterocycles. The summed E-state index contributed by atoms with van der Waals surface area (Å²) in [5, 5.41) is 3.16. The number of rotatable bonds is 1. The highest BCUT2D eigenvalue weighted by Gasteiger charge is 2.14. The number of pyridine rings is 1. The highest BCUT2D eigenvalue weighted by Crippen LogP contribution is 2.18. The molecule has 0 spiro atoms. The van der Waals surface area contributed by atoms with Gasteiger partial charge >= 0.3 is 6.03 Å². The predicted octanol–water partition coefficient (Wildman–Crippen LogP) is 2.02. The van der Waals surface area contributed by atoms with Gasteiger partial charge in [0, 0.05) is 23.5 Å². The van der Waals surface area contributed by atoms with Crippen LogP contribution < -0.4 is 11.1 Å². The van der Waals surface area contributed by atoms with Crippen LogP contribution in [0, 0.1) is 0 Å². The van der Waals surface area contributed by atoms with Gasteiger partial charge in [-0.3, -0.25) is 19.7 Å². The van der Waals surface area contributed by atoms with E-state index in [0.717, 1.165) is 5.39 Å². The maximum absolute atomic E-state index is 12.2. The number of anilines is 1. The van der Waals surface area contributed by atoms with E-state index in [-0.39, 0.29) is 5.69 Å². The van der Waals surface area contributed by atoms with Crippen LogP contribution in [0.3, 0.4) is 0 Å². The lowest BCUT2D eigenvalue weighted by molar-refractivity contribution is 0.0959. The third-order valence-corrected chi connectivity index (χ3v) is 3.05. The molecule has 0 fully saturated rings. The van der Waals surface area contributed by atoms with Gasteiger partial charge in [0.25, 0.3) is 5.91 Å². The molecule has 0 radical (unpaired) electrons. The summed E-state index contributed by atoms with van der Waals surface area (Å²) >= 11 is 0. The molecule has 104 valence electrons. The summed E-state index contributed by atoms with van der Waals surface area (Å²) in [6.07, 6.45) is 3.08. The summed E-state index contributed by atoms with van der Waals surface area (Å²) in [6, 6.07) is 11.4. The molecular weight excluding hydrogens is 268 g/mol. The van der Waals surface area contributed by atoms with E-state index in [4.69, 9.17) is 5.73 Å². The number of carbonyl (C=O) groups is 2. The van der Waals surface area contributed by atoms with Crippen LogP contribution in [-0.2, 0) is 0 Å². The first-order valence-corrected chi connectivity index (χ1v) is 6.28. The number of fused-ring (bicyclic) bond motifs is 1. The lowest BCUT2D eigenvalue weighted by Gasteiger charge is -2.06. The second-order valence-electron chi connectivity index (χ2n) is 4.48. The number of imide groups is 1. The van der Waals surface area contributed by atoms with E-state index in [2.05, 4.69) is 10.3 Å². The van der Waals surface area contributed by atoms with Crippen molar-refractivity contribution in [1.82, 2.24) is 14.9 Å². The van der Waals surface area contributed by atoms with Crippen molar-refractivity contribution in [2.45, 2.75) is 0 Å². The minimum atomic E-state index is -0.550. The van der Waals surface area contributed by atoms with Crippen LogP contribution in [-0.4, -0.2) is 21.5 Å². The Morgan fingerprint density at radius 1 is 1.14 bits per heavy atom. The summed E-state index contributed by atoms with van der Waals surface area (Å²) in [7, 11) is 0. The van der Waals surface area contributed by atoms with Crippen LogP contribution in [0.4, 0.5) is 10.5 Å². The Kier molecular flexibility index (Phi) is 3.12. The fourth-order valence-electron chi connectivity index (χ4n) is 2.04. The first-order chi connectivity index (χ1) is 10.1. The van der Waals surface area contributed by atoms with E-state index in [1.807, 2.05) is 6.07 Å². The molecule has 6 heteroatoms. The second kappa shape index (κ2) is 5.09. The highest BCUT2D eigenvalue weighted by molar-refractivity contribution is 6.05. The minimum absolute atomic E-state index is 0.182. The molecule has 0 unspecified atom stereocenters. The summed E-state index contributed by atoms with van der Waals surface area (Å²) in [4.78, 5) is 28.0. The Morgan fingerprint density at radius 3 is 2.76 bits per heavy atom. The maximum atomic E-state index is 12.2. The molecule has 3 aromatic rings. The number of benzene rings is 1. The predicted molar refractivity (Wildman–Crippen MR) is 78.8 cm³/mol. The lowest BCUT2D eigenvalue weighted by atomic mass is 10.2. The van der Waals surface area contributed by atoms with E-state index in [1.165, 1.54) is 16.8 Å². The van der Waals surface area contributed by atoms with Crippen LogP contribution in [0.2, 0.25) is 0 Å². The van der Waals surface area contributed by atoms with Crippen molar-refractivity contribution in [1.29, 1.82) is 0 Å². The Morgan fingerprint density at radius 2 is 2.00 bits per heavy atom. The van der Waals surface area contributed by atoms with Gasteiger partial charge in [0.2, 0.25) is 0 Å². The van der Waals surface area contributed by atoms with Gasteiger partial charge in [-0.15, -0.1) is 0 Å². The van der Waals surface area contributed by atoms with Gasteiger partial charge < -0.3 is 5.73 Å². The van der Waals surface area contributed by atoms with E-state index in [1.54, 1.807) is 36.5 Å². The molecule has 21 heavy (non-hydrogen) atoms. The molecule has 6 nitrogen and oxygen atoms in total. The molecular formula is C15H12N4O2. The summed E-state index contributed by atoms with van der Waals surface area (Å²) in [5.74, 6) is -0.550. The minimum Gasteiger partial charge on any atom is -0.399 e. The number of nitrogen functional groups attached to an aromatic ring is 1. The molecule has 2 aromatic heterocycles. The average Bonchev–Trinajstić information content (AvgIpc) is 2.91. The van der Waals surface area contributed by atoms with Crippen molar-refractivity contribution in [3.8, 4) is 0 Å². The molecule has 0 saturated heterocycles. The van der Waals surface area contributed by atoms with Gasteiger partial charge in [0.1, 0.15) is 5.69 Å². The topological polar surface area (TPSA) is 90.0 Å². The van der Waals surface area contributed by atoms with Crippen molar-refractivity contribution in [2.24, 2.45) is 0 Å². The Bertz CT molecular complexity index is 824. The monoisotopic (exact) mass is 280 g/mol. The van der Waals surface area contributed by atoms with Crippen molar-refractivity contribution >= 4 is 28.5 Å². The molecule has 0 aliphatic carbocycles. The lowest BCUT2D eigenvalue weighted by Crippen LogP contribution is -2.34. The standard InChI is InChI=1S/C15H12N4O2/c16-11-5-4-10-6-8-19(13(10)9-11)15(21)18-14(20)12-3-1-2-7-17-12/h1-9H,16H2,(H,18,20,21). The molecule has 3 rings (SSSR count). The van der Waals surface area contributed by atoms with E-state index >= 15 is 0 Å². The van der Waals surface area contributed by atoms with Gasteiger partial charge in [-0.1, -0.05) is 12.1 Å². The first kappa shape index (κ1) is 12.9. The zero-order valence-electron chi connectivity index (χ0n) is 11.0. The van der Waals surface area contributed by atoms with Crippen molar-refractivity contribution in [3.63, 3.8) is 0 Å². The zero-order valence-corrected chi connectivity index (χ0v) is 11.0. The maximum Gasteiger partial charge on any atom is 0.332 e. The van der Waals surface area contributed by atoms with Crippen LogP contribution in [0.15, 0.2) is 54.9 Å². The number of nitrogens with zero attached hydrogens (tertiary/aromatic N) is 2. The number of amides is 2. The molecule has 3 N–H and O–H groups in total. The zero-order chi connectivity index (χ0) is 14.8. The number of nitrogens with one attached hydrogen (secondary N) is 1. The van der Waals surface area contributed by atoms with Crippen LogP contribution in [0.1, 0.15) is 10.5 Å². The Hall–Kier alpha value is -3.15. The van der Waals surface area contributed by atoms with E-state index < -0.39 is 11.9 Å². The molecule has 2 amide bonds. The molecule has 2 heterocycles. The van der Waals surface area contributed by atoms with Crippen LogP contribution in [0.25, 0.3) is 10.9 Å². The van der Waals surface area contributed by atoms with Gasteiger partial charge in [-0.2, -0.15) is 0 Å². The highest BCUT2D eigenvalue weighted by atomic mass is 16.2. The van der Waals surface area contributed by atoms with E-state index in [9.17, 15) is 9.59 Å². The fraction of sp³-hybridized carbons (Fsp3) is 0. The normalized spacial score (nSPS) is 10.5. The molecule has 0 saturated carbocycles. The van der Waals surface area contributed by atoms with Gasteiger partial charge in [0.15, 0.2) is 0 Å². The summed E-state index contributed by atoms with van der Waals surface area (Å²) in [6.45, 7) is 0. The number of hydrogen-bond donors (Lipinski definition) is 2. The molecule has 1 aromatic carbocycles. The van der Waals surface area contributed by atoms with Crippen molar-refractivity contribution in [3.05, 3.63) is 60.6 Å². The smallest absolute Gasteiger partial charge is 0.332 e. The van der Waals surface area contributed by atoms with Crippen LogP contribution >= 0.6 is 0 Å². The van der Waals surface area contributed by atoms with Crippen molar-refractivity contribution in [2.75, 3.05) is 5.73 Å². The van der Waals surface area contributed by atoms with Crippen molar-refractivity contribution < 1.29 is 9.59 Å². The van der Waals surface area contributed by atoms with Gasteiger partial charge in [-0.05, 0) is 30.3 Å². The Labute approximate surface area is 120 Å². The quantitative estimate of drug-likeness (QED) is 0.667. The SMILES string of the molecule is Nc1ccc2ccn(C(=O)NC(=O)c3ccccn3)c2c1.